The number of carbonyl (C=O) groups is 1. The van der Waals surface area contributed by atoms with Gasteiger partial charge in [0.2, 0.25) is 0 Å². The predicted octanol–water partition coefficient (Wildman–Crippen LogP) is 4.00. The third kappa shape index (κ3) is 4.08. The maximum absolute atomic E-state index is 12.5. The number of amides is 1. The van der Waals surface area contributed by atoms with Crippen molar-refractivity contribution >= 4 is 11.7 Å². The Bertz CT molecular complexity index is 890. The van der Waals surface area contributed by atoms with E-state index in [2.05, 4.69) is 15.4 Å². The standard InChI is InChI=1S/C20H22N4O2/c1-4-24-18(12-14(2)23-24)20(25)22-19-13-17(10-11-21-19)26-15(3)16-8-6-5-7-9-16/h5-13,15H,4H2,1-3H3,(H,21,22,25)/t15-/m0/s1. The fourth-order valence-corrected chi connectivity index (χ4v) is 2.70. The van der Waals surface area contributed by atoms with Crippen molar-refractivity contribution in [2.45, 2.75) is 33.4 Å². The summed E-state index contributed by atoms with van der Waals surface area (Å²) in [5.41, 5.74) is 2.40. The molecule has 2 aromatic heterocycles. The van der Waals surface area contributed by atoms with Crippen LogP contribution in [-0.2, 0) is 6.54 Å². The zero-order valence-corrected chi connectivity index (χ0v) is 15.1. The topological polar surface area (TPSA) is 69.0 Å². The number of benzene rings is 1. The molecular weight excluding hydrogens is 328 g/mol. The summed E-state index contributed by atoms with van der Waals surface area (Å²) in [6.07, 6.45) is 1.51. The molecule has 0 saturated carbocycles. The molecule has 1 aromatic carbocycles. The maximum Gasteiger partial charge on any atom is 0.275 e. The van der Waals surface area contributed by atoms with Crippen molar-refractivity contribution in [3.63, 3.8) is 0 Å². The fraction of sp³-hybridized carbons (Fsp3) is 0.250. The molecule has 0 aliphatic carbocycles. The van der Waals surface area contributed by atoms with Gasteiger partial charge in [-0.1, -0.05) is 30.3 Å². The van der Waals surface area contributed by atoms with Crippen LogP contribution in [0.25, 0.3) is 0 Å². The van der Waals surface area contributed by atoms with Crippen molar-refractivity contribution in [2.24, 2.45) is 0 Å². The highest BCUT2D eigenvalue weighted by Crippen LogP contribution is 2.23. The molecule has 1 atom stereocenters. The maximum atomic E-state index is 12.5. The molecule has 6 nitrogen and oxygen atoms in total. The molecule has 0 spiro atoms. The second-order valence-electron chi connectivity index (χ2n) is 5.99. The summed E-state index contributed by atoms with van der Waals surface area (Å²) in [6.45, 7) is 6.42. The number of ether oxygens (including phenoxy) is 1. The molecule has 3 rings (SSSR count). The molecule has 6 heteroatoms. The fourth-order valence-electron chi connectivity index (χ4n) is 2.70. The first-order chi connectivity index (χ1) is 12.6. The smallest absolute Gasteiger partial charge is 0.275 e. The first-order valence-electron chi connectivity index (χ1n) is 8.60. The summed E-state index contributed by atoms with van der Waals surface area (Å²) in [6, 6.07) is 15.2. The second-order valence-corrected chi connectivity index (χ2v) is 5.99. The monoisotopic (exact) mass is 350 g/mol. The lowest BCUT2D eigenvalue weighted by Gasteiger charge is -2.15. The van der Waals surface area contributed by atoms with Crippen molar-refractivity contribution in [1.29, 1.82) is 0 Å². The van der Waals surface area contributed by atoms with Gasteiger partial charge in [-0.05, 0) is 38.5 Å². The van der Waals surface area contributed by atoms with Gasteiger partial charge < -0.3 is 10.1 Å². The van der Waals surface area contributed by atoms with E-state index in [1.54, 1.807) is 29.1 Å². The Hall–Kier alpha value is -3.15. The first kappa shape index (κ1) is 17.7. The van der Waals surface area contributed by atoms with Gasteiger partial charge in [0.1, 0.15) is 23.4 Å². The zero-order chi connectivity index (χ0) is 18.5. The van der Waals surface area contributed by atoms with E-state index in [-0.39, 0.29) is 12.0 Å². The molecule has 0 aliphatic heterocycles. The van der Waals surface area contributed by atoms with Crippen molar-refractivity contribution in [3.05, 3.63) is 71.7 Å². The Kier molecular flexibility index (Phi) is 5.31. The molecule has 0 radical (unpaired) electrons. The molecule has 1 amide bonds. The van der Waals surface area contributed by atoms with E-state index in [0.29, 0.717) is 23.8 Å². The number of nitrogens with zero attached hydrogens (tertiary/aromatic N) is 3. The summed E-state index contributed by atoms with van der Waals surface area (Å²) in [7, 11) is 0. The summed E-state index contributed by atoms with van der Waals surface area (Å²) in [5, 5.41) is 7.10. The van der Waals surface area contributed by atoms with E-state index >= 15 is 0 Å². The van der Waals surface area contributed by atoms with Crippen LogP contribution in [0.4, 0.5) is 5.82 Å². The Morgan fingerprint density at radius 1 is 1.23 bits per heavy atom. The van der Waals surface area contributed by atoms with Gasteiger partial charge in [-0.25, -0.2) is 4.98 Å². The number of pyridine rings is 1. The molecule has 134 valence electrons. The summed E-state index contributed by atoms with van der Waals surface area (Å²) in [5.74, 6) is 0.842. The van der Waals surface area contributed by atoms with Gasteiger partial charge in [-0.3, -0.25) is 9.48 Å². The van der Waals surface area contributed by atoms with Gasteiger partial charge in [0.15, 0.2) is 0 Å². The average molecular weight is 350 g/mol. The number of hydrogen-bond acceptors (Lipinski definition) is 4. The van der Waals surface area contributed by atoms with Gasteiger partial charge in [0.05, 0.1) is 5.69 Å². The van der Waals surface area contributed by atoms with Crippen molar-refractivity contribution in [2.75, 3.05) is 5.32 Å². The molecule has 1 N–H and O–H groups in total. The number of hydrogen-bond donors (Lipinski definition) is 1. The average Bonchev–Trinajstić information content (AvgIpc) is 3.04. The van der Waals surface area contributed by atoms with Gasteiger partial charge in [-0.15, -0.1) is 0 Å². The molecule has 0 saturated heterocycles. The minimum Gasteiger partial charge on any atom is -0.486 e. The third-order valence-electron chi connectivity index (χ3n) is 3.99. The van der Waals surface area contributed by atoms with Gasteiger partial charge in [0, 0.05) is 18.8 Å². The third-order valence-corrected chi connectivity index (χ3v) is 3.99. The van der Waals surface area contributed by atoms with E-state index in [4.69, 9.17) is 4.74 Å². The molecule has 0 bridgehead atoms. The van der Waals surface area contributed by atoms with E-state index in [9.17, 15) is 4.79 Å². The van der Waals surface area contributed by atoms with Crippen LogP contribution in [0.2, 0.25) is 0 Å². The van der Waals surface area contributed by atoms with Crippen LogP contribution in [0.1, 0.15) is 41.7 Å². The van der Waals surface area contributed by atoms with Crippen LogP contribution < -0.4 is 10.1 Å². The quantitative estimate of drug-likeness (QED) is 0.729. The van der Waals surface area contributed by atoms with E-state index < -0.39 is 0 Å². The highest BCUT2D eigenvalue weighted by Gasteiger charge is 2.14. The normalized spacial score (nSPS) is 11.8. The van der Waals surface area contributed by atoms with Crippen molar-refractivity contribution in [3.8, 4) is 5.75 Å². The Morgan fingerprint density at radius 2 is 2.00 bits per heavy atom. The number of nitrogens with one attached hydrogen (secondary N) is 1. The Balaban J connectivity index is 1.72. The summed E-state index contributed by atoms with van der Waals surface area (Å²) >= 11 is 0. The number of rotatable bonds is 6. The number of aromatic nitrogens is 3. The molecule has 0 aliphatic rings. The van der Waals surface area contributed by atoms with Crippen LogP contribution in [-0.4, -0.2) is 20.7 Å². The molecule has 3 aromatic rings. The molecule has 2 heterocycles. The highest BCUT2D eigenvalue weighted by atomic mass is 16.5. The minimum atomic E-state index is -0.242. The van der Waals surface area contributed by atoms with Gasteiger partial charge in [0.25, 0.3) is 5.91 Å². The number of anilines is 1. The zero-order valence-electron chi connectivity index (χ0n) is 15.1. The lowest BCUT2D eigenvalue weighted by Crippen LogP contribution is -2.18. The van der Waals surface area contributed by atoms with Crippen LogP contribution in [0.3, 0.4) is 0 Å². The van der Waals surface area contributed by atoms with Gasteiger partial charge in [-0.2, -0.15) is 5.10 Å². The van der Waals surface area contributed by atoms with E-state index in [1.807, 2.05) is 51.1 Å². The SMILES string of the molecule is CCn1nc(C)cc1C(=O)Nc1cc(O[C@@H](C)c2ccccc2)ccn1. The summed E-state index contributed by atoms with van der Waals surface area (Å²) in [4.78, 5) is 16.7. The van der Waals surface area contributed by atoms with E-state index in [0.717, 1.165) is 11.3 Å². The molecular formula is C20H22N4O2. The van der Waals surface area contributed by atoms with Crippen LogP contribution in [0.15, 0.2) is 54.7 Å². The molecule has 26 heavy (non-hydrogen) atoms. The van der Waals surface area contributed by atoms with Gasteiger partial charge >= 0.3 is 0 Å². The second kappa shape index (κ2) is 7.82. The molecule has 0 fully saturated rings. The Morgan fingerprint density at radius 3 is 2.73 bits per heavy atom. The minimum absolute atomic E-state index is 0.105. The first-order valence-corrected chi connectivity index (χ1v) is 8.60. The number of aryl methyl sites for hydroxylation is 2. The lowest BCUT2D eigenvalue weighted by atomic mass is 10.1. The molecule has 0 unspecified atom stereocenters. The highest BCUT2D eigenvalue weighted by molar-refractivity contribution is 6.02. The number of carbonyl (C=O) groups excluding carboxylic acids is 1. The van der Waals surface area contributed by atoms with Crippen molar-refractivity contribution in [1.82, 2.24) is 14.8 Å². The van der Waals surface area contributed by atoms with Crippen LogP contribution in [0, 0.1) is 6.92 Å². The van der Waals surface area contributed by atoms with Crippen LogP contribution >= 0.6 is 0 Å². The lowest BCUT2D eigenvalue weighted by molar-refractivity contribution is 0.101. The predicted molar refractivity (Wildman–Crippen MR) is 100 cm³/mol. The van der Waals surface area contributed by atoms with E-state index in [1.165, 1.54) is 0 Å². The van der Waals surface area contributed by atoms with Crippen LogP contribution in [0.5, 0.6) is 5.75 Å². The Labute approximate surface area is 152 Å². The summed E-state index contributed by atoms with van der Waals surface area (Å²) < 4.78 is 7.64. The van der Waals surface area contributed by atoms with Crippen molar-refractivity contribution < 1.29 is 9.53 Å². The largest absolute Gasteiger partial charge is 0.486 e.